The average Bonchev–Trinajstić information content (AvgIpc) is 2.68. The van der Waals surface area contributed by atoms with Crippen molar-refractivity contribution in [3.05, 3.63) is 65.2 Å². The highest BCUT2D eigenvalue weighted by molar-refractivity contribution is 5.80. The van der Waals surface area contributed by atoms with Gasteiger partial charge in [-0.2, -0.15) is 0 Å². The number of carbonyl (C=O) groups is 1. The van der Waals surface area contributed by atoms with Gasteiger partial charge in [0.2, 0.25) is 5.91 Å². The first-order chi connectivity index (χ1) is 13.0. The zero-order chi connectivity index (χ0) is 19.6. The van der Waals surface area contributed by atoms with Gasteiger partial charge in [-0.1, -0.05) is 24.0 Å². The van der Waals surface area contributed by atoms with Crippen molar-refractivity contribution in [2.24, 2.45) is 0 Å². The van der Waals surface area contributed by atoms with Crippen LogP contribution in [0.5, 0.6) is 5.75 Å². The Hall–Kier alpha value is -2.77. The van der Waals surface area contributed by atoms with Crippen LogP contribution in [0.1, 0.15) is 37.5 Å². The molecule has 2 atom stereocenters. The Balaban J connectivity index is 1.92. The summed E-state index contributed by atoms with van der Waals surface area (Å²) in [5, 5.41) is 2.95. The third kappa shape index (κ3) is 6.80. The van der Waals surface area contributed by atoms with Gasteiger partial charge in [-0.25, -0.2) is 0 Å². The van der Waals surface area contributed by atoms with E-state index in [2.05, 4.69) is 17.2 Å². The van der Waals surface area contributed by atoms with Crippen LogP contribution in [0.25, 0.3) is 0 Å². The van der Waals surface area contributed by atoms with Crippen LogP contribution in [-0.4, -0.2) is 31.8 Å². The third-order valence-corrected chi connectivity index (χ3v) is 4.12. The van der Waals surface area contributed by atoms with Gasteiger partial charge in [0.15, 0.2) is 0 Å². The number of methoxy groups -OCH3 is 1. The second kappa shape index (κ2) is 10.4. The number of carbonyl (C=O) groups excluding carboxylic acids is 1. The number of amides is 1. The topological polar surface area (TPSA) is 47.6 Å². The lowest BCUT2D eigenvalue weighted by molar-refractivity contribution is -0.130. The Morgan fingerprint density at radius 3 is 2.07 bits per heavy atom. The summed E-state index contributed by atoms with van der Waals surface area (Å²) < 4.78 is 10.5. The fourth-order valence-electron chi connectivity index (χ4n) is 2.54. The van der Waals surface area contributed by atoms with E-state index in [-0.39, 0.29) is 11.9 Å². The standard InChI is InChI=1S/C23H27NO3/c1-5-27-22-14-12-20(13-15-22)7-6-19-8-10-21(11-9-19)16-17(2)24-23(25)18(3)26-4/h8-15,17-18H,5,16H2,1-4H3,(H,24,25). The maximum atomic E-state index is 11.8. The molecule has 0 spiro atoms. The molecule has 1 amide bonds. The zero-order valence-electron chi connectivity index (χ0n) is 16.4. The highest BCUT2D eigenvalue weighted by Gasteiger charge is 2.14. The van der Waals surface area contributed by atoms with Crippen LogP contribution in [-0.2, 0) is 16.0 Å². The predicted molar refractivity (Wildman–Crippen MR) is 108 cm³/mol. The lowest BCUT2D eigenvalue weighted by atomic mass is 10.0. The van der Waals surface area contributed by atoms with Crippen LogP contribution in [0.2, 0.25) is 0 Å². The van der Waals surface area contributed by atoms with Gasteiger partial charge >= 0.3 is 0 Å². The van der Waals surface area contributed by atoms with Crippen molar-refractivity contribution in [3.8, 4) is 17.6 Å². The quantitative estimate of drug-likeness (QED) is 0.763. The van der Waals surface area contributed by atoms with E-state index >= 15 is 0 Å². The Bertz CT molecular complexity index is 785. The zero-order valence-corrected chi connectivity index (χ0v) is 16.4. The van der Waals surface area contributed by atoms with Crippen molar-refractivity contribution in [1.29, 1.82) is 0 Å². The number of ether oxygens (including phenoxy) is 2. The maximum Gasteiger partial charge on any atom is 0.249 e. The molecule has 0 saturated heterocycles. The molecule has 4 nitrogen and oxygen atoms in total. The summed E-state index contributed by atoms with van der Waals surface area (Å²) in [6, 6.07) is 15.9. The minimum absolute atomic E-state index is 0.0379. The van der Waals surface area contributed by atoms with Crippen molar-refractivity contribution in [2.75, 3.05) is 13.7 Å². The molecule has 0 aliphatic carbocycles. The molecule has 0 bridgehead atoms. The molecule has 2 rings (SSSR count). The third-order valence-electron chi connectivity index (χ3n) is 4.12. The van der Waals surface area contributed by atoms with E-state index in [1.54, 1.807) is 6.92 Å². The first kappa shape index (κ1) is 20.5. The van der Waals surface area contributed by atoms with E-state index in [0.717, 1.165) is 28.9 Å². The molecule has 0 saturated carbocycles. The van der Waals surface area contributed by atoms with E-state index < -0.39 is 6.10 Å². The van der Waals surface area contributed by atoms with E-state index in [1.807, 2.05) is 62.4 Å². The van der Waals surface area contributed by atoms with Crippen LogP contribution in [0.15, 0.2) is 48.5 Å². The largest absolute Gasteiger partial charge is 0.494 e. The normalized spacial score (nSPS) is 12.4. The highest BCUT2D eigenvalue weighted by Crippen LogP contribution is 2.12. The lowest BCUT2D eigenvalue weighted by Gasteiger charge is -2.16. The Kier molecular flexibility index (Phi) is 7.91. The summed E-state index contributed by atoms with van der Waals surface area (Å²) >= 11 is 0. The molecule has 0 fully saturated rings. The van der Waals surface area contributed by atoms with Crippen molar-refractivity contribution in [1.82, 2.24) is 5.32 Å². The highest BCUT2D eigenvalue weighted by atomic mass is 16.5. The number of benzene rings is 2. The second-order valence-electron chi connectivity index (χ2n) is 6.40. The van der Waals surface area contributed by atoms with Crippen LogP contribution in [0.4, 0.5) is 0 Å². The Labute approximate surface area is 161 Å². The summed E-state index contributed by atoms with van der Waals surface area (Å²) in [7, 11) is 1.53. The molecule has 2 aromatic rings. The predicted octanol–water partition coefficient (Wildman–Crippen LogP) is 3.57. The minimum Gasteiger partial charge on any atom is -0.494 e. The van der Waals surface area contributed by atoms with Gasteiger partial charge in [0.25, 0.3) is 0 Å². The fraction of sp³-hybridized carbons (Fsp3) is 0.348. The Morgan fingerprint density at radius 1 is 1.00 bits per heavy atom. The molecule has 27 heavy (non-hydrogen) atoms. The summed E-state index contributed by atoms with van der Waals surface area (Å²) in [6.45, 7) is 6.34. The second-order valence-corrected chi connectivity index (χ2v) is 6.40. The molecular formula is C23H27NO3. The lowest BCUT2D eigenvalue weighted by Crippen LogP contribution is -2.40. The summed E-state index contributed by atoms with van der Waals surface area (Å²) in [4.78, 5) is 11.8. The number of hydrogen-bond acceptors (Lipinski definition) is 3. The molecule has 1 N–H and O–H groups in total. The first-order valence-electron chi connectivity index (χ1n) is 9.18. The van der Waals surface area contributed by atoms with Gasteiger partial charge in [0, 0.05) is 24.3 Å². The number of rotatable bonds is 7. The van der Waals surface area contributed by atoms with Gasteiger partial charge in [-0.05, 0) is 69.2 Å². The SMILES string of the molecule is CCOc1ccc(C#Cc2ccc(CC(C)NC(=O)C(C)OC)cc2)cc1. The number of nitrogens with one attached hydrogen (secondary N) is 1. The van der Waals surface area contributed by atoms with Crippen LogP contribution in [0.3, 0.4) is 0 Å². The van der Waals surface area contributed by atoms with Crippen molar-refractivity contribution in [2.45, 2.75) is 39.3 Å². The van der Waals surface area contributed by atoms with E-state index in [0.29, 0.717) is 6.61 Å². The van der Waals surface area contributed by atoms with E-state index in [4.69, 9.17) is 9.47 Å². The fourth-order valence-corrected chi connectivity index (χ4v) is 2.54. The van der Waals surface area contributed by atoms with Gasteiger partial charge < -0.3 is 14.8 Å². The van der Waals surface area contributed by atoms with Crippen LogP contribution >= 0.6 is 0 Å². The summed E-state index contributed by atoms with van der Waals surface area (Å²) in [5.74, 6) is 7.09. The molecule has 0 heterocycles. The van der Waals surface area contributed by atoms with Gasteiger partial charge in [-0.3, -0.25) is 4.79 Å². The average molecular weight is 365 g/mol. The van der Waals surface area contributed by atoms with Crippen molar-refractivity contribution < 1.29 is 14.3 Å². The number of hydrogen-bond donors (Lipinski definition) is 1. The van der Waals surface area contributed by atoms with E-state index in [1.165, 1.54) is 7.11 Å². The first-order valence-corrected chi connectivity index (χ1v) is 9.18. The van der Waals surface area contributed by atoms with Crippen molar-refractivity contribution >= 4 is 5.91 Å². The minimum atomic E-state index is -0.437. The van der Waals surface area contributed by atoms with Crippen LogP contribution < -0.4 is 10.1 Å². The monoisotopic (exact) mass is 365 g/mol. The van der Waals surface area contributed by atoms with E-state index in [9.17, 15) is 4.79 Å². The summed E-state index contributed by atoms with van der Waals surface area (Å²) in [6.07, 6.45) is 0.321. The molecule has 0 radical (unpaired) electrons. The molecular weight excluding hydrogens is 338 g/mol. The van der Waals surface area contributed by atoms with Crippen LogP contribution in [0, 0.1) is 11.8 Å². The molecule has 2 aromatic carbocycles. The molecule has 2 unspecified atom stereocenters. The van der Waals surface area contributed by atoms with Gasteiger partial charge in [0.05, 0.1) is 6.61 Å². The smallest absolute Gasteiger partial charge is 0.249 e. The molecule has 142 valence electrons. The molecule has 0 aromatic heterocycles. The summed E-state index contributed by atoms with van der Waals surface area (Å²) in [5.41, 5.74) is 3.06. The van der Waals surface area contributed by atoms with Gasteiger partial charge in [0.1, 0.15) is 11.9 Å². The molecule has 0 aliphatic rings. The van der Waals surface area contributed by atoms with Gasteiger partial charge in [-0.15, -0.1) is 0 Å². The molecule has 0 aliphatic heterocycles. The maximum absolute atomic E-state index is 11.8. The van der Waals surface area contributed by atoms with Crippen molar-refractivity contribution in [3.63, 3.8) is 0 Å². The Morgan fingerprint density at radius 2 is 1.56 bits per heavy atom. The molecule has 4 heteroatoms.